The normalized spacial score (nSPS) is 10.8. The fraction of sp³-hybridized carbons (Fsp3) is 0.167. The van der Waals surface area contributed by atoms with Crippen LogP contribution in [0.3, 0.4) is 0 Å². The standard InChI is InChI=1S/C24H22N4O3/c1-16-11-22(31-28-16)21-13-25-15-27-23(21)19-7-3-17(4-8-19)12-26-24(29)20-9-5-18(6-10-20)14-30-2/h3-11,13,15H,12,14H2,1-2H3,(H,26,29). The van der Waals surface area contributed by atoms with E-state index in [1.54, 1.807) is 25.4 Å². The molecule has 0 atom stereocenters. The maximum absolute atomic E-state index is 12.4. The molecule has 2 aromatic carbocycles. The number of carbonyl (C=O) groups is 1. The van der Waals surface area contributed by atoms with Crippen molar-refractivity contribution >= 4 is 5.91 Å². The number of aromatic nitrogens is 3. The van der Waals surface area contributed by atoms with E-state index in [1.165, 1.54) is 6.33 Å². The van der Waals surface area contributed by atoms with Crippen molar-refractivity contribution in [2.75, 3.05) is 7.11 Å². The summed E-state index contributed by atoms with van der Waals surface area (Å²) in [6, 6.07) is 17.1. The van der Waals surface area contributed by atoms with Crippen molar-refractivity contribution in [1.82, 2.24) is 20.4 Å². The first-order chi connectivity index (χ1) is 15.1. The Morgan fingerprint density at radius 2 is 1.81 bits per heavy atom. The molecule has 0 saturated heterocycles. The molecule has 7 nitrogen and oxygen atoms in total. The van der Waals surface area contributed by atoms with Crippen LogP contribution in [0.25, 0.3) is 22.6 Å². The van der Waals surface area contributed by atoms with E-state index in [0.717, 1.165) is 33.6 Å². The van der Waals surface area contributed by atoms with E-state index < -0.39 is 0 Å². The van der Waals surface area contributed by atoms with Gasteiger partial charge in [0.15, 0.2) is 5.76 Å². The van der Waals surface area contributed by atoms with Crippen molar-refractivity contribution in [2.45, 2.75) is 20.1 Å². The Morgan fingerprint density at radius 1 is 1.06 bits per heavy atom. The smallest absolute Gasteiger partial charge is 0.251 e. The summed E-state index contributed by atoms with van der Waals surface area (Å²) in [6.07, 6.45) is 3.22. The lowest BCUT2D eigenvalue weighted by Crippen LogP contribution is -2.22. The summed E-state index contributed by atoms with van der Waals surface area (Å²) in [5, 5.41) is 6.89. The average Bonchev–Trinajstić information content (AvgIpc) is 3.25. The number of amides is 1. The third kappa shape index (κ3) is 4.84. The van der Waals surface area contributed by atoms with Gasteiger partial charge in [-0.3, -0.25) is 4.79 Å². The largest absolute Gasteiger partial charge is 0.380 e. The third-order valence-corrected chi connectivity index (χ3v) is 4.81. The second-order valence-corrected chi connectivity index (χ2v) is 7.13. The first kappa shape index (κ1) is 20.4. The quantitative estimate of drug-likeness (QED) is 0.488. The monoisotopic (exact) mass is 414 g/mol. The van der Waals surface area contributed by atoms with Crippen molar-refractivity contribution in [3.8, 4) is 22.6 Å². The van der Waals surface area contributed by atoms with E-state index in [-0.39, 0.29) is 5.91 Å². The zero-order valence-electron chi connectivity index (χ0n) is 17.3. The van der Waals surface area contributed by atoms with Gasteiger partial charge in [-0.1, -0.05) is 41.6 Å². The highest BCUT2D eigenvalue weighted by molar-refractivity contribution is 5.94. The Labute approximate surface area is 180 Å². The Morgan fingerprint density at radius 3 is 2.48 bits per heavy atom. The van der Waals surface area contributed by atoms with E-state index in [2.05, 4.69) is 20.4 Å². The number of rotatable bonds is 7. The molecular weight excluding hydrogens is 392 g/mol. The lowest BCUT2D eigenvalue weighted by molar-refractivity contribution is 0.0951. The summed E-state index contributed by atoms with van der Waals surface area (Å²) in [7, 11) is 1.65. The molecule has 4 aromatic rings. The van der Waals surface area contributed by atoms with E-state index >= 15 is 0 Å². The topological polar surface area (TPSA) is 90.1 Å². The summed E-state index contributed by atoms with van der Waals surface area (Å²) >= 11 is 0. The summed E-state index contributed by atoms with van der Waals surface area (Å²) in [5.74, 6) is 0.507. The summed E-state index contributed by atoms with van der Waals surface area (Å²) in [4.78, 5) is 20.9. The van der Waals surface area contributed by atoms with Crippen LogP contribution in [-0.4, -0.2) is 28.1 Å². The van der Waals surface area contributed by atoms with Crippen LogP contribution in [0.5, 0.6) is 0 Å². The second-order valence-electron chi connectivity index (χ2n) is 7.13. The molecule has 31 heavy (non-hydrogen) atoms. The van der Waals surface area contributed by atoms with Crippen molar-refractivity contribution in [2.24, 2.45) is 0 Å². The molecular formula is C24H22N4O3. The van der Waals surface area contributed by atoms with Gasteiger partial charge < -0.3 is 14.6 Å². The molecule has 0 saturated carbocycles. The van der Waals surface area contributed by atoms with Crippen molar-refractivity contribution in [3.05, 3.63) is 89.5 Å². The number of nitrogens with zero attached hydrogens (tertiary/aromatic N) is 3. The van der Waals surface area contributed by atoms with E-state index in [0.29, 0.717) is 24.5 Å². The number of aryl methyl sites for hydroxylation is 1. The van der Waals surface area contributed by atoms with Crippen LogP contribution in [-0.2, 0) is 17.9 Å². The van der Waals surface area contributed by atoms with Crippen molar-refractivity contribution < 1.29 is 14.1 Å². The lowest BCUT2D eigenvalue weighted by atomic mass is 10.0. The Bertz CT molecular complexity index is 1170. The SMILES string of the molecule is COCc1ccc(C(=O)NCc2ccc(-c3ncncc3-c3cc(C)no3)cc2)cc1. The fourth-order valence-corrected chi connectivity index (χ4v) is 3.21. The molecule has 1 amide bonds. The Kier molecular flexibility index (Phi) is 6.14. The minimum atomic E-state index is -0.119. The Balaban J connectivity index is 1.44. The van der Waals surface area contributed by atoms with Crippen LogP contribution in [0.2, 0.25) is 0 Å². The predicted octanol–water partition coefficient (Wildman–Crippen LogP) is 4.18. The van der Waals surface area contributed by atoms with E-state index in [9.17, 15) is 4.79 Å². The Hall–Kier alpha value is -3.84. The minimum Gasteiger partial charge on any atom is -0.380 e. The number of hydrogen-bond donors (Lipinski definition) is 1. The number of hydrogen-bond acceptors (Lipinski definition) is 6. The van der Waals surface area contributed by atoms with Gasteiger partial charge in [-0.05, 0) is 30.2 Å². The molecule has 7 heteroatoms. The molecule has 0 spiro atoms. The van der Waals surface area contributed by atoms with E-state index in [4.69, 9.17) is 9.26 Å². The summed E-state index contributed by atoms with van der Waals surface area (Å²) < 4.78 is 10.5. The van der Waals surface area contributed by atoms with Crippen LogP contribution >= 0.6 is 0 Å². The van der Waals surface area contributed by atoms with Gasteiger partial charge in [0.05, 0.1) is 23.6 Å². The summed E-state index contributed by atoms with van der Waals surface area (Å²) in [5.41, 5.74) is 5.89. The first-order valence-electron chi connectivity index (χ1n) is 9.83. The van der Waals surface area contributed by atoms with Crippen LogP contribution in [0.4, 0.5) is 0 Å². The zero-order valence-corrected chi connectivity index (χ0v) is 17.3. The number of ether oxygens (including phenoxy) is 1. The highest BCUT2D eigenvalue weighted by Gasteiger charge is 2.13. The van der Waals surface area contributed by atoms with Crippen molar-refractivity contribution in [3.63, 3.8) is 0 Å². The van der Waals surface area contributed by atoms with Gasteiger partial charge in [-0.25, -0.2) is 9.97 Å². The second kappa shape index (κ2) is 9.32. The molecule has 4 rings (SSSR count). The predicted molar refractivity (Wildman–Crippen MR) is 116 cm³/mol. The number of nitrogens with one attached hydrogen (secondary N) is 1. The molecule has 0 aliphatic heterocycles. The van der Waals surface area contributed by atoms with Crippen molar-refractivity contribution in [1.29, 1.82) is 0 Å². The maximum Gasteiger partial charge on any atom is 0.251 e. The molecule has 2 heterocycles. The molecule has 0 unspecified atom stereocenters. The number of benzene rings is 2. The molecule has 1 N–H and O–H groups in total. The van der Waals surface area contributed by atoms with Gasteiger partial charge in [-0.2, -0.15) is 0 Å². The minimum absolute atomic E-state index is 0.119. The molecule has 2 aromatic heterocycles. The van der Waals surface area contributed by atoms with Crippen LogP contribution in [0.1, 0.15) is 27.2 Å². The number of methoxy groups -OCH3 is 1. The van der Waals surface area contributed by atoms with Gasteiger partial charge in [0.2, 0.25) is 0 Å². The lowest BCUT2D eigenvalue weighted by Gasteiger charge is -2.09. The van der Waals surface area contributed by atoms with Gasteiger partial charge in [0.1, 0.15) is 6.33 Å². The first-order valence-corrected chi connectivity index (χ1v) is 9.83. The molecule has 0 bridgehead atoms. The number of carbonyl (C=O) groups excluding carboxylic acids is 1. The maximum atomic E-state index is 12.4. The summed E-state index contributed by atoms with van der Waals surface area (Å²) in [6.45, 7) is 2.82. The van der Waals surface area contributed by atoms with Gasteiger partial charge in [-0.15, -0.1) is 0 Å². The van der Waals surface area contributed by atoms with E-state index in [1.807, 2.05) is 49.4 Å². The van der Waals surface area contributed by atoms with Gasteiger partial charge in [0.25, 0.3) is 5.91 Å². The fourth-order valence-electron chi connectivity index (χ4n) is 3.21. The van der Waals surface area contributed by atoms with Gasteiger partial charge >= 0.3 is 0 Å². The highest BCUT2D eigenvalue weighted by Crippen LogP contribution is 2.30. The third-order valence-electron chi connectivity index (χ3n) is 4.81. The zero-order chi connectivity index (χ0) is 21.6. The van der Waals surface area contributed by atoms with Crippen LogP contribution in [0.15, 0.2) is 71.6 Å². The molecule has 0 aliphatic carbocycles. The molecule has 0 aliphatic rings. The molecule has 0 radical (unpaired) electrons. The van der Waals surface area contributed by atoms with Gasteiger partial charge in [0, 0.05) is 37.0 Å². The highest BCUT2D eigenvalue weighted by atomic mass is 16.5. The average molecular weight is 414 g/mol. The molecule has 156 valence electrons. The van der Waals surface area contributed by atoms with Crippen LogP contribution < -0.4 is 5.32 Å². The van der Waals surface area contributed by atoms with Crippen LogP contribution in [0, 0.1) is 6.92 Å². The molecule has 0 fully saturated rings.